The number of amides is 1. The van der Waals surface area contributed by atoms with Gasteiger partial charge in [0.1, 0.15) is 5.82 Å². The molecule has 1 saturated heterocycles. The highest BCUT2D eigenvalue weighted by atomic mass is 35.5. The molecule has 7 nitrogen and oxygen atoms in total. The van der Waals surface area contributed by atoms with Crippen LogP contribution in [0.1, 0.15) is 10.4 Å². The first-order valence-electron chi connectivity index (χ1n) is 8.26. The summed E-state index contributed by atoms with van der Waals surface area (Å²) in [6.07, 6.45) is 0. The molecule has 0 spiro atoms. The Hall–Kier alpha value is -1.93. The fourth-order valence-corrected chi connectivity index (χ4v) is 2.78. The van der Waals surface area contributed by atoms with Crippen LogP contribution < -0.4 is 10.6 Å². The Morgan fingerprint density at radius 1 is 1.08 bits per heavy atom. The average molecular weight is 396 g/mol. The molecule has 0 aliphatic carbocycles. The molecule has 0 saturated carbocycles. The first kappa shape index (κ1) is 18.8. The Bertz CT molecular complexity index is 751. The van der Waals surface area contributed by atoms with Gasteiger partial charge in [-0.2, -0.15) is 0 Å². The fourth-order valence-electron chi connectivity index (χ4n) is 2.49. The van der Waals surface area contributed by atoms with E-state index >= 15 is 0 Å². The van der Waals surface area contributed by atoms with Gasteiger partial charge in [-0.25, -0.2) is 0 Å². The van der Waals surface area contributed by atoms with Crippen molar-refractivity contribution in [3.8, 4) is 0 Å². The first-order valence-corrected chi connectivity index (χ1v) is 9.01. The van der Waals surface area contributed by atoms with Gasteiger partial charge in [-0.3, -0.25) is 9.69 Å². The molecule has 138 valence electrons. The van der Waals surface area contributed by atoms with Crippen LogP contribution in [0.4, 0.5) is 11.6 Å². The number of hydrogen-bond donors (Lipinski definition) is 2. The standard InChI is InChI=1S/C17H19Cl2N5O2/c18-13-2-1-12(11-14(13)19)17(25)21-16-4-3-15(22-23-16)20-5-6-24-7-9-26-10-8-24/h1-4,11H,5-10H2,(H,20,22)(H,21,23,25). The summed E-state index contributed by atoms with van der Waals surface area (Å²) in [6.45, 7) is 5.16. The van der Waals surface area contributed by atoms with E-state index in [0.717, 1.165) is 39.4 Å². The molecule has 3 rings (SSSR count). The Morgan fingerprint density at radius 3 is 2.50 bits per heavy atom. The van der Waals surface area contributed by atoms with E-state index in [2.05, 4.69) is 25.7 Å². The molecule has 2 N–H and O–H groups in total. The highest BCUT2D eigenvalue weighted by Gasteiger charge is 2.11. The van der Waals surface area contributed by atoms with Crippen molar-refractivity contribution in [2.45, 2.75) is 0 Å². The second-order valence-electron chi connectivity index (χ2n) is 5.77. The third kappa shape index (κ3) is 5.28. The molecule has 1 aromatic heterocycles. The first-order chi connectivity index (χ1) is 12.6. The van der Waals surface area contributed by atoms with Crippen LogP contribution in [0.15, 0.2) is 30.3 Å². The summed E-state index contributed by atoms with van der Waals surface area (Å²) in [5.41, 5.74) is 0.397. The number of halogens is 2. The summed E-state index contributed by atoms with van der Waals surface area (Å²) in [4.78, 5) is 14.5. The predicted molar refractivity (Wildman–Crippen MR) is 102 cm³/mol. The third-order valence-corrected chi connectivity index (χ3v) is 4.66. The molecule has 0 radical (unpaired) electrons. The molecular formula is C17H19Cl2N5O2. The molecule has 1 aliphatic rings. The lowest BCUT2D eigenvalue weighted by molar-refractivity contribution is 0.0398. The van der Waals surface area contributed by atoms with E-state index in [9.17, 15) is 4.79 Å². The lowest BCUT2D eigenvalue weighted by Gasteiger charge is -2.26. The largest absolute Gasteiger partial charge is 0.379 e. The average Bonchev–Trinajstić information content (AvgIpc) is 2.66. The minimum atomic E-state index is -0.328. The van der Waals surface area contributed by atoms with Gasteiger partial charge in [-0.05, 0) is 30.3 Å². The quantitative estimate of drug-likeness (QED) is 0.782. The van der Waals surface area contributed by atoms with Crippen LogP contribution in [-0.2, 0) is 4.74 Å². The van der Waals surface area contributed by atoms with Crippen molar-refractivity contribution >= 4 is 40.7 Å². The van der Waals surface area contributed by atoms with E-state index in [-0.39, 0.29) is 5.91 Å². The fraction of sp³-hybridized carbons (Fsp3) is 0.353. The molecule has 0 unspecified atom stereocenters. The van der Waals surface area contributed by atoms with Crippen LogP contribution >= 0.6 is 23.2 Å². The zero-order chi connectivity index (χ0) is 18.4. The molecule has 9 heteroatoms. The van der Waals surface area contributed by atoms with Crippen molar-refractivity contribution in [3.05, 3.63) is 45.9 Å². The van der Waals surface area contributed by atoms with Crippen LogP contribution in [0, 0.1) is 0 Å². The second-order valence-corrected chi connectivity index (χ2v) is 6.58. The van der Waals surface area contributed by atoms with Gasteiger partial charge in [-0.1, -0.05) is 23.2 Å². The number of rotatable bonds is 6. The van der Waals surface area contributed by atoms with Crippen molar-refractivity contribution in [1.82, 2.24) is 15.1 Å². The normalized spacial score (nSPS) is 14.8. The number of benzene rings is 1. The molecule has 0 bridgehead atoms. The van der Waals surface area contributed by atoms with E-state index in [4.69, 9.17) is 27.9 Å². The lowest BCUT2D eigenvalue weighted by atomic mass is 10.2. The highest BCUT2D eigenvalue weighted by Crippen LogP contribution is 2.23. The van der Waals surface area contributed by atoms with Gasteiger partial charge in [0.05, 0.1) is 23.3 Å². The number of ether oxygens (including phenoxy) is 1. The Labute approximate surface area is 161 Å². The van der Waals surface area contributed by atoms with Gasteiger partial charge in [-0.15, -0.1) is 10.2 Å². The van der Waals surface area contributed by atoms with Gasteiger partial charge in [0.25, 0.3) is 5.91 Å². The molecular weight excluding hydrogens is 377 g/mol. The molecule has 1 aromatic carbocycles. The van der Waals surface area contributed by atoms with E-state index in [0.29, 0.717) is 27.2 Å². The van der Waals surface area contributed by atoms with E-state index < -0.39 is 0 Å². The van der Waals surface area contributed by atoms with Gasteiger partial charge < -0.3 is 15.4 Å². The van der Waals surface area contributed by atoms with Crippen molar-refractivity contribution in [3.63, 3.8) is 0 Å². The molecule has 1 amide bonds. The number of anilines is 2. The second kappa shape index (κ2) is 9.14. The maximum Gasteiger partial charge on any atom is 0.256 e. The monoisotopic (exact) mass is 395 g/mol. The zero-order valence-corrected chi connectivity index (χ0v) is 15.6. The Morgan fingerprint density at radius 2 is 1.81 bits per heavy atom. The third-order valence-electron chi connectivity index (χ3n) is 3.93. The smallest absolute Gasteiger partial charge is 0.256 e. The van der Waals surface area contributed by atoms with Crippen molar-refractivity contribution in [2.24, 2.45) is 0 Å². The van der Waals surface area contributed by atoms with Gasteiger partial charge in [0.15, 0.2) is 5.82 Å². The number of hydrogen-bond acceptors (Lipinski definition) is 6. The maximum absolute atomic E-state index is 12.2. The molecule has 0 atom stereocenters. The summed E-state index contributed by atoms with van der Waals surface area (Å²) in [7, 11) is 0. The summed E-state index contributed by atoms with van der Waals surface area (Å²) >= 11 is 11.8. The number of carbonyl (C=O) groups excluding carboxylic acids is 1. The van der Waals surface area contributed by atoms with E-state index in [1.54, 1.807) is 24.3 Å². The maximum atomic E-state index is 12.2. The number of nitrogens with one attached hydrogen (secondary N) is 2. The molecule has 26 heavy (non-hydrogen) atoms. The minimum absolute atomic E-state index is 0.324. The van der Waals surface area contributed by atoms with E-state index in [1.807, 2.05) is 0 Å². The van der Waals surface area contributed by atoms with Crippen LogP contribution in [0.25, 0.3) is 0 Å². The number of carbonyl (C=O) groups is 1. The molecule has 1 fully saturated rings. The molecule has 1 aliphatic heterocycles. The summed E-state index contributed by atoms with van der Waals surface area (Å²) in [5.74, 6) is 0.691. The van der Waals surface area contributed by atoms with Crippen LogP contribution in [0.2, 0.25) is 10.0 Å². The summed E-state index contributed by atoms with van der Waals surface area (Å²) in [6, 6.07) is 8.15. The topological polar surface area (TPSA) is 79.4 Å². The van der Waals surface area contributed by atoms with Crippen molar-refractivity contribution in [2.75, 3.05) is 50.0 Å². The van der Waals surface area contributed by atoms with Crippen LogP contribution in [0.5, 0.6) is 0 Å². The number of morpholine rings is 1. The Kier molecular flexibility index (Phi) is 6.62. The van der Waals surface area contributed by atoms with Gasteiger partial charge in [0.2, 0.25) is 0 Å². The van der Waals surface area contributed by atoms with E-state index in [1.165, 1.54) is 6.07 Å². The van der Waals surface area contributed by atoms with Crippen molar-refractivity contribution < 1.29 is 9.53 Å². The Balaban J connectivity index is 1.49. The summed E-state index contributed by atoms with van der Waals surface area (Å²) < 4.78 is 5.32. The number of nitrogens with zero attached hydrogens (tertiary/aromatic N) is 3. The van der Waals surface area contributed by atoms with Gasteiger partial charge in [0, 0.05) is 31.7 Å². The van der Waals surface area contributed by atoms with Crippen LogP contribution in [0.3, 0.4) is 0 Å². The summed E-state index contributed by atoms with van der Waals surface area (Å²) in [5, 5.41) is 14.7. The van der Waals surface area contributed by atoms with Crippen molar-refractivity contribution in [1.29, 1.82) is 0 Å². The van der Waals surface area contributed by atoms with Crippen LogP contribution in [-0.4, -0.2) is 60.4 Å². The number of aromatic nitrogens is 2. The molecule has 2 aromatic rings. The predicted octanol–water partition coefficient (Wildman–Crippen LogP) is 2.78. The van der Waals surface area contributed by atoms with Gasteiger partial charge >= 0.3 is 0 Å². The highest BCUT2D eigenvalue weighted by molar-refractivity contribution is 6.42. The SMILES string of the molecule is O=C(Nc1ccc(NCCN2CCOCC2)nn1)c1ccc(Cl)c(Cl)c1. The lowest BCUT2D eigenvalue weighted by Crippen LogP contribution is -2.39. The molecule has 2 heterocycles. The zero-order valence-electron chi connectivity index (χ0n) is 14.0. The minimum Gasteiger partial charge on any atom is -0.379 e.